The first-order valence-corrected chi connectivity index (χ1v) is 10.1. The highest BCUT2D eigenvalue weighted by Gasteiger charge is 2.29. The van der Waals surface area contributed by atoms with Crippen LogP contribution >= 0.6 is 11.3 Å². The molecule has 0 radical (unpaired) electrons. The van der Waals surface area contributed by atoms with Crippen molar-refractivity contribution >= 4 is 27.3 Å². The predicted molar refractivity (Wildman–Crippen MR) is 91.2 cm³/mol. The van der Waals surface area contributed by atoms with Crippen molar-refractivity contribution in [1.82, 2.24) is 9.71 Å². The summed E-state index contributed by atoms with van der Waals surface area (Å²) >= 11 is 1.01. The average molecular weight is 384 g/mol. The molecule has 9 heteroatoms. The molecule has 0 bridgehead atoms. The molecule has 2 aromatic rings. The Kier molecular flexibility index (Phi) is 5.16. The van der Waals surface area contributed by atoms with Crippen LogP contribution in [0.4, 0.5) is 4.39 Å². The van der Waals surface area contributed by atoms with E-state index >= 15 is 0 Å². The number of rotatable bonds is 5. The van der Waals surface area contributed by atoms with E-state index in [9.17, 15) is 17.6 Å². The van der Waals surface area contributed by atoms with Gasteiger partial charge in [-0.25, -0.2) is 22.5 Å². The Balaban J connectivity index is 1.69. The van der Waals surface area contributed by atoms with Crippen LogP contribution in [0.3, 0.4) is 0 Å². The predicted octanol–water partition coefficient (Wildman–Crippen LogP) is 2.87. The molecule has 6 nitrogen and oxygen atoms in total. The number of sulfonamides is 1. The Morgan fingerprint density at radius 2 is 1.84 bits per heavy atom. The second-order valence-corrected chi connectivity index (χ2v) is 8.97. The van der Waals surface area contributed by atoms with Gasteiger partial charge in [0, 0.05) is 11.6 Å². The molecule has 3 rings (SSSR count). The molecule has 0 amide bonds. The van der Waals surface area contributed by atoms with Crippen LogP contribution in [0.25, 0.3) is 10.6 Å². The van der Waals surface area contributed by atoms with E-state index in [0.29, 0.717) is 36.3 Å². The minimum atomic E-state index is -3.71. The number of carboxylic acid groups (broad SMARTS) is 1. The highest BCUT2D eigenvalue weighted by Crippen LogP contribution is 2.30. The first-order valence-electron chi connectivity index (χ1n) is 7.82. The summed E-state index contributed by atoms with van der Waals surface area (Å²) < 4.78 is 40.7. The standard InChI is InChI=1S/C16H17FN2O4S2/c17-12-5-1-10(2-6-12)15-18-9-14(24-15)25(22,23)19-13-7-3-11(4-8-13)16(20)21/h1-2,5-6,9,11,13,19H,3-4,7-8H2,(H,20,21). The minimum absolute atomic E-state index is 0.0900. The molecule has 1 saturated carbocycles. The van der Waals surface area contributed by atoms with Gasteiger partial charge < -0.3 is 5.11 Å². The van der Waals surface area contributed by atoms with Gasteiger partial charge in [-0.15, -0.1) is 11.3 Å². The van der Waals surface area contributed by atoms with E-state index in [1.165, 1.54) is 18.3 Å². The van der Waals surface area contributed by atoms with Crippen molar-refractivity contribution in [2.24, 2.45) is 5.92 Å². The van der Waals surface area contributed by atoms with Crippen LogP contribution in [0.5, 0.6) is 0 Å². The number of carboxylic acids is 1. The summed E-state index contributed by atoms with van der Waals surface area (Å²) in [6.45, 7) is 0. The van der Waals surface area contributed by atoms with Crippen molar-refractivity contribution in [2.45, 2.75) is 35.9 Å². The molecule has 0 aliphatic heterocycles. The summed E-state index contributed by atoms with van der Waals surface area (Å²) in [6, 6.07) is 5.42. The van der Waals surface area contributed by atoms with Crippen LogP contribution in [0, 0.1) is 11.7 Å². The first kappa shape index (κ1) is 18.0. The van der Waals surface area contributed by atoms with Crippen LogP contribution in [-0.4, -0.2) is 30.5 Å². The van der Waals surface area contributed by atoms with Crippen LogP contribution in [-0.2, 0) is 14.8 Å². The van der Waals surface area contributed by atoms with Crippen molar-refractivity contribution in [3.63, 3.8) is 0 Å². The van der Waals surface area contributed by atoms with Crippen molar-refractivity contribution in [3.8, 4) is 10.6 Å². The number of aliphatic carboxylic acids is 1. The van der Waals surface area contributed by atoms with Crippen LogP contribution in [0.1, 0.15) is 25.7 Å². The number of nitrogens with zero attached hydrogens (tertiary/aromatic N) is 1. The van der Waals surface area contributed by atoms with Crippen LogP contribution in [0.2, 0.25) is 0 Å². The van der Waals surface area contributed by atoms with Gasteiger partial charge in [-0.05, 0) is 49.9 Å². The van der Waals surface area contributed by atoms with Crippen LogP contribution in [0.15, 0.2) is 34.7 Å². The number of halogens is 1. The molecule has 25 heavy (non-hydrogen) atoms. The normalized spacial score (nSPS) is 21.2. The zero-order valence-corrected chi connectivity index (χ0v) is 14.8. The molecule has 1 aliphatic carbocycles. The number of carbonyl (C=O) groups is 1. The Hall–Kier alpha value is -1.84. The molecule has 0 spiro atoms. The lowest BCUT2D eigenvalue weighted by atomic mass is 9.87. The van der Waals surface area contributed by atoms with Gasteiger partial charge >= 0.3 is 5.97 Å². The third kappa shape index (κ3) is 4.23. The molecule has 0 unspecified atom stereocenters. The SMILES string of the molecule is O=C(O)C1CCC(NS(=O)(=O)c2cnc(-c3ccc(F)cc3)s2)CC1. The lowest BCUT2D eigenvalue weighted by molar-refractivity contribution is -0.142. The molecule has 2 N–H and O–H groups in total. The smallest absolute Gasteiger partial charge is 0.306 e. The van der Waals surface area contributed by atoms with E-state index < -0.39 is 21.9 Å². The fraction of sp³-hybridized carbons (Fsp3) is 0.375. The number of thiazole rings is 1. The molecule has 0 atom stereocenters. The first-order chi connectivity index (χ1) is 11.8. The molecule has 1 heterocycles. The van der Waals surface area contributed by atoms with E-state index in [4.69, 9.17) is 5.11 Å². The average Bonchev–Trinajstić information content (AvgIpc) is 3.06. The maximum atomic E-state index is 13.0. The topological polar surface area (TPSA) is 96.4 Å². The van der Waals surface area contributed by atoms with E-state index in [-0.39, 0.29) is 16.1 Å². The van der Waals surface area contributed by atoms with Crippen LogP contribution < -0.4 is 4.72 Å². The second kappa shape index (κ2) is 7.19. The maximum Gasteiger partial charge on any atom is 0.306 e. The van der Waals surface area contributed by atoms with E-state index in [2.05, 4.69) is 9.71 Å². The molecule has 134 valence electrons. The van der Waals surface area contributed by atoms with Crippen molar-refractivity contribution in [1.29, 1.82) is 0 Å². The zero-order chi connectivity index (χ0) is 18.0. The lowest BCUT2D eigenvalue weighted by Crippen LogP contribution is -2.38. The van der Waals surface area contributed by atoms with Crippen molar-refractivity contribution < 1.29 is 22.7 Å². The molecule has 0 saturated heterocycles. The largest absolute Gasteiger partial charge is 0.481 e. The fourth-order valence-electron chi connectivity index (χ4n) is 2.85. The summed E-state index contributed by atoms with van der Waals surface area (Å²) in [5.41, 5.74) is 0.648. The van der Waals surface area contributed by atoms with E-state index in [0.717, 1.165) is 11.3 Å². The molecular weight excluding hydrogens is 367 g/mol. The summed E-state index contributed by atoms with van der Waals surface area (Å²) in [5.74, 6) is -1.59. The van der Waals surface area contributed by atoms with Gasteiger partial charge in [0.05, 0.1) is 12.1 Å². The van der Waals surface area contributed by atoms with Gasteiger partial charge in [-0.3, -0.25) is 4.79 Å². The zero-order valence-electron chi connectivity index (χ0n) is 13.2. The van der Waals surface area contributed by atoms with Gasteiger partial charge in [-0.2, -0.15) is 0 Å². The van der Waals surface area contributed by atoms with Gasteiger partial charge in [0.25, 0.3) is 10.0 Å². The summed E-state index contributed by atoms with van der Waals surface area (Å²) in [5, 5.41) is 9.49. The quantitative estimate of drug-likeness (QED) is 0.826. The van der Waals surface area contributed by atoms with Gasteiger partial charge in [0.2, 0.25) is 0 Å². The Morgan fingerprint density at radius 3 is 2.44 bits per heavy atom. The monoisotopic (exact) mass is 384 g/mol. The Bertz CT molecular complexity index is 857. The number of benzene rings is 1. The maximum absolute atomic E-state index is 13.0. The number of hydrogen-bond donors (Lipinski definition) is 2. The number of nitrogens with one attached hydrogen (secondary N) is 1. The Labute approximate surface area is 148 Å². The summed E-state index contributed by atoms with van der Waals surface area (Å²) in [4.78, 5) is 15.1. The molecule has 1 aromatic heterocycles. The van der Waals surface area contributed by atoms with Crippen molar-refractivity contribution in [3.05, 3.63) is 36.3 Å². The molecule has 1 fully saturated rings. The summed E-state index contributed by atoms with van der Waals surface area (Å²) in [7, 11) is -3.71. The van der Waals surface area contributed by atoms with Crippen molar-refractivity contribution in [2.75, 3.05) is 0 Å². The summed E-state index contributed by atoms with van der Waals surface area (Å²) in [6.07, 6.45) is 3.21. The lowest BCUT2D eigenvalue weighted by Gasteiger charge is -2.26. The molecule has 1 aliphatic rings. The fourth-order valence-corrected chi connectivity index (χ4v) is 5.30. The van der Waals surface area contributed by atoms with Gasteiger partial charge in [0.15, 0.2) is 4.21 Å². The second-order valence-electron chi connectivity index (χ2n) is 6.00. The van der Waals surface area contributed by atoms with E-state index in [1.807, 2.05) is 0 Å². The number of hydrogen-bond acceptors (Lipinski definition) is 5. The van der Waals surface area contributed by atoms with Gasteiger partial charge in [0.1, 0.15) is 10.8 Å². The third-order valence-corrected chi connectivity index (χ3v) is 7.27. The highest BCUT2D eigenvalue weighted by molar-refractivity contribution is 7.91. The number of aromatic nitrogens is 1. The van der Waals surface area contributed by atoms with E-state index in [1.54, 1.807) is 12.1 Å². The third-order valence-electron chi connectivity index (χ3n) is 4.24. The van der Waals surface area contributed by atoms with Gasteiger partial charge in [-0.1, -0.05) is 0 Å². The molecular formula is C16H17FN2O4S2. The highest BCUT2D eigenvalue weighted by atomic mass is 32.2. The molecule has 1 aromatic carbocycles. The minimum Gasteiger partial charge on any atom is -0.481 e. The Morgan fingerprint density at radius 1 is 1.20 bits per heavy atom.